The van der Waals surface area contributed by atoms with Crippen LogP contribution in [0.3, 0.4) is 0 Å². The minimum atomic E-state index is -0.251. The van der Waals surface area contributed by atoms with Crippen LogP contribution < -0.4 is 10.2 Å². The van der Waals surface area contributed by atoms with Gasteiger partial charge in [-0.1, -0.05) is 37.3 Å². The van der Waals surface area contributed by atoms with Gasteiger partial charge in [-0.05, 0) is 56.7 Å². The van der Waals surface area contributed by atoms with E-state index in [0.29, 0.717) is 23.8 Å². The molecule has 1 aromatic carbocycles. The summed E-state index contributed by atoms with van der Waals surface area (Å²) in [4.78, 5) is 12.5. The molecule has 1 N–H and O–H groups in total. The number of nitrogens with zero attached hydrogens (tertiary/aromatic N) is 1. The summed E-state index contributed by atoms with van der Waals surface area (Å²) >= 11 is 0. The standard InChI is InChI=1S/C20H26N2O2/c1-5-12-24-19-9-7-6-8-17(19)20(23)22-21-18-13-16(14(2)3)11-10-15(18)4/h6-10,16H,2,5,11-13H2,1,3-4H3,(H,22,23). The van der Waals surface area contributed by atoms with Crippen molar-refractivity contribution in [3.05, 3.63) is 53.6 Å². The molecular weight excluding hydrogens is 300 g/mol. The van der Waals surface area contributed by atoms with Gasteiger partial charge in [0.2, 0.25) is 0 Å². The predicted octanol–water partition coefficient (Wildman–Crippen LogP) is 4.49. The summed E-state index contributed by atoms with van der Waals surface area (Å²) in [5.41, 5.74) is 6.35. The highest BCUT2D eigenvalue weighted by atomic mass is 16.5. The monoisotopic (exact) mass is 326 g/mol. The van der Waals surface area contributed by atoms with Gasteiger partial charge >= 0.3 is 0 Å². The van der Waals surface area contributed by atoms with Crippen molar-refractivity contribution in [3.8, 4) is 5.75 Å². The molecule has 0 saturated heterocycles. The van der Waals surface area contributed by atoms with E-state index in [1.807, 2.05) is 32.9 Å². The largest absolute Gasteiger partial charge is 0.493 e. The Bertz CT molecular complexity index is 674. The van der Waals surface area contributed by atoms with Crippen molar-refractivity contribution in [3.63, 3.8) is 0 Å². The number of hydrogen-bond acceptors (Lipinski definition) is 3. The van der Waals surface area contributed by atoms with Crippen LogP contribution in [0.25, 0.3) is 0 Å². The highest BCUT2D eigenvalue weighted by molar-refractivity contribution is 6.03. The number of para-hydroxylation sites is 1. The molecule has 1 aromatic rings. The number of rotatable bonds is 6. The Hall–Kier alpha value is -2.36. The topological polar surface area (TPSA) is 50.7 Å². The van der Waals surface area contributed by atoms with Gasteiger partial charge in [-0.25, -0.2) is 5.43 Å². The maximum absolute atomic E-state index is 12.5. The van der Waals surface area contributed by atoms with Crippen LogP contribution in [0.1, 0.15) is 50.4 Å². The lowest BCUT2D eigenvalue weighted by Gasteiger charge is -2.22. The molecule has 0 heterocycles. The number of hydrogen-bond donors (Lipinski definition) is 1. The van der Waals surface area contributed by atoms with E-state index in [1.165, 1.54) is 0 Å². The first-order valence-electron chi connectivity index (χ1n) is 8.44. The van der Waals surface area contributed by atoms with Crippen LogP contribution in [-0.4, -0.2) is 18.2 Å². The number of carbonyl (C=O) groups excluding carboxylic acids is 1. The quantitative estimate of drug-likeness (QED) is 0.618. The van der Waals surface area contributed by atoms with Crippen LogP contribution in [-0.2, 0) is 0 Å². The number of allylic oxidation sites excluding steroid dienone is 3. The molecule has 1 aliphatic carbocycles. The van der Waals surface area contributed by atoms with E-state index in [4.69, 9.17) is 4.74 Å². The lowest BCUT2D eigenvalue weighted by atomic mass is 9.85. The van der Waals surface area contributed by atoms with Gasteiger partial charge in [0.1, 0.15) is 5.75 Å². The van der Waals surface area contributed by atoms with Gasteiger partial charge in [-0.15, -0.1) is 0 Å². The molecule has 24 heavy (non-hydrogen) atoms. The predicted molar refractivity (Wildman–Crippen MR) is 98.4 cm³/mol. The number of ether oxygens (including phenoxy) is 1. The van der Waals surface area contributed by atoms with Crippen LogP contribution in [0, 0.1) is 5.92 Å². The van der Waals surface area contributed by atoms with E-state index < -0.39 is 0 Å². The van der Waals surface area contributed by atoms with Gasteiger partial charge in [-0.2, -0.15) is 5.10 Å². The fraction of sp³-hybridized carbons (Fsp3) is 0.400. The Morgan fingerprint density at radius 2 is 2.17 bits per heavy atom. The molecule has 128 valence electrons. The minimum Gasteiger partial charge on any atom is -0.493 e. The fourth-order valence-corrected chi connectivity index (χ4v) is 2.59. The Kier molecular flexibility index (Phi) is 6.36. The first-order valence-corrected chi connectivity index (χ1v) is 8.44. The molecule has 4 heteroatoms. The average molecular weight is 326 g/mol. The first-order chi connectivity index (χ1) is 11.5. The molecular formula is C20H26N2O2. The van der Waals surface area contributed by atoms with E-state index in [-0.39, 0.29) is 5.91 Å². The summed E-state index contributed by atoms with van der Waals surface area (Å²) in [6.07, 6.45) is 4.85. The summed E-state index contributed by atoms with van der Waals surface area (Å²) in [5.74, 6) is 0.733. The lowest BCUT2D eigenvalue weighted by Crippen LogP contribution is -2.23. The van der Waals surface area contributed by atoms with E-state index in [2.05, 4.69) is 23.2 Å². The van der Waals surface area contributed by atoms with Gasteiger partial charge in [0.15, 0.2) is 0 Å². The highest BCUT2D eigenvalue weighted by Gasteiger charge is 2.19. The molecule has 2 rings (SSSR count). The second kappa shape index (κ2) is 8.48. The van der Waals surface area contributed by atoms with Crippen molar-refractivity contribution in [2.45, 2.75) is 40.0 Å². The lowest BCUT2D eigenvalue weighted by molar-refractivity contribution is 0.0950. The average Bonchev–Trinajstić information content (AvgIpc) is 2.59. The molecule has 1 amide bonds. The molecule has 0 fully saturated rings. The zero-order valence-corrected chi connectivity index (χ0v) is 14.8. The van der Waals surface area contributed by atoms with Crippen molar-refractivity contribution in [2.24, 2.45) is 11.0 Å². The Labute approximate surface area is 144 Å². The third-order valence-electron chi connectivity index (χ3n) is 4.19. The number of amides is 1. The molecule has 0 bridgehead atoms. The SMILES string of the molecule is C=C(C)C1CC=C(C)C(=NNC(=O)c2ccccc2OCCC)C1. The number of benzene rings is 1. The van der Waals surface area contributed by atoms with Crippen LogP contribution in [0.4, 0.5) is 0 Å². The van der Waals surface area contributed by atoms with E-state index in [0.717, 1.165) is 36.1 Å². The van der Waals surface area contributed by atoms with Crippen LogP contribution in [0.2, 0.25) is 0 Å². The molecule has 0 aliphatic heterocycles. The maximum Gasteiger partial charge on any atom is 0.275 e. The molecule has 0 aromatic heterocycles. The van der Waals surface area contributed by atoms with Crippen LogP contribution in [0.15, 0.2) is 53.2 Å². The summed E-state index contributed by atoms with van der Waals surface area (Å²) in [7, 11) is 0. The fourth-order valence-electron chi connectivity index (χ4n) is 2.59. The molecule has 1 atom stereocenters. The summed E-state index contributed by atoms with van der Waals surface area (Å²) < 4.78 is 5.64. The molecule has 0 spiro atoms. The third-order valence-corrected chi connectivity index (χ3v) is 4.19. The second-order valence-electron chi connectivity index (χ2n) is 6.21. The maximum atomic E-state index is 12.5. The first kappa shape index (κ1) is 18.0. The smallest absolute Gasteiger partial charge is 0.275 e. The van der Waals surface area contributed by atoms with Crippen molar-refractivity contribution < 1.29 is 9.53 Å². The molecule has 1 unspecified atom stereocenters. The number of hydrazone groups is 1. The Morgan fingerprint density at radius 3 is 2.88 bits per heavy atom. The second-order valence-corrected chi connectivity index (χ2v) is 6.21. The van der Waals surface area contributed by atoms with Gasteiger partial charge in [0, 0.05) is 0 Å². The van der Waals surface area contributed by atoms with E-state index >= 15 is 0 Å². The molecule has 4 nitrogen and oxygen atoms in total. The Balaban J connectivity index is 2.11. The minimum absolute atomic E-state index is 0.251. The normalized spacial score (nSPS) is 18.9. The van der Waals surface area contributed by atoms with E-state index in [9.17, 15) is 4.79 Å². The van der Waals surface area contributed by atoms with Crippen LogP contribution in [0.5, 0.6) is 5.75 Å². The van der Waals surface area contributed by atoms with Crippen molar-refractivity contribution in [2.75, 3.05) is 6.61 Å². The zero-order chi connectivity index (χ0) is 17.5. The number of nitrogens with one attached hydrogen (secondary N) is 1. The molecule has 0 radical (unpaired) electrons. The summed E-state index contributed by atoms with van der Waals surface area (Å²) in [6.45, 7) is 10.7. The summed E-state index contributed by atoms with van der Waals surface area (Å²) in [5, 5.41) is 4.35. The van der Waals surface area contributed by atoms with Gasteiger partial charge in [0.05, 0.1) is 17.9 Å². The summed E-state index contributed by atoms with van der Waals surface area (Å²) in [6, 6.07) is 7.24. The molecule has 0 saturated carbocycles. The van der Waals surface area contributed by atoms with E-state index in [1.54, 1.807) is 12.1 Å². The van der Waals surface area contributed by atoms with Crippen molar-refractivity contribution in [1.82, 2.24) is 5.43 Å². The van der Waals surface area contributed by atoms with Crippen LogP contribution >= 0.6 is 0 Å². The van der Waals surface area contributed by atoms with Crippen molar-refractivity contribution >= 4 is 11.6 Å². The molecule has 1 aliphatic rings. The van der Waals surface area contributed by atoms with Gasteiger partial charge in [-0.3, -0.25) is 4.79 Å². The highest BCUT2D eigenvalue weighted by Crippen LogP contribution is 2.26. The Morgan fingerprint density at radius 1 is 1.42 bits per heavy atom. The zero-order valence-electron chi connectivity index (χ0n) is 14.8. The third kappa shape index (κ3) is 4.57. The van der Waals surface area contributed by atoms with Crippen molar-refractivity contribution in [1.29, 1.82) is 0 Å². The van der Waals surface area contributed by atoms with Gasteiger partial charge < -0.3 is 4.74 Å². The van der Waals surface area contributed by atoms with Gasteiger partial charge in [0.25, 0.3) is 5.91 Å². The number of carbonyl (C=O) groups is 1.